The number of ether oxygens (including phenoxy) is 3. The Bertz CT molecular complexity index is 445. The van der Waals surface area contributed by atoms with E-state index in [1.807, 2.05) is 0 Å². The van der Waals surface area contributed by atoms with Gasteiger partial charge >= 0.3 is 0 Å². The van der Waals surface area contributed by atoms with Crippen LogP contribution in [-0.4, -0.2) is 18.9 Å². The minimum Gasteiger partial charge on any atom is -0.491 e. The zero-order valence-corrected chi connectivity index (χ0v) is 11.6. The van der Waals surface area contributed by atoms with E-state index in [2.05, 4.69) is 13.8 Å². The highest BCUT2D eigenvalue weighted by atomic mass is 16.7. The van der Waals surface area contributed by atoms with Crippen LogP contribution in [0.4, 0.5) is 5.69 Å². The van der Waals surface area contributed by atoms with Crippen LogP contribution in [0.1, 0.15) is 33.1 Å². The van der Waals surface area contributed by atoms with E-state index in [4.69, 9.17) is 25.7 Å². The van der Waals surface area contributed by atoms with Gasteiger partial charge in [-0.1, -0.05) is 13.8 Å². The first-order chi connectivity index (χ1) is 9.08. The minimum absolute atomic E-state index is 0.162. The Labute approximate surface area is 113 Å². The van der Waals surface area contributed by atoms with Crippen molar-refractivity contribution in [2.24, 2.45) is 5.73 Å². The number of hydrogen-bond acceptors (Lipinski definition) is 5. The zero-order chi connectivity index (χ0) is 13.9. The van der Waals surface area contributed by atoms with Gasteiger partial charge in [0.2, 0.25) is 6.79 Å². The van der Waals surface area contributed by atoms with Crippen molar-refractivity contribution in [3.8, 4) is 17.2 Å². The lowest BCUT2D eigenvalue weighted by Gasteiger charge is -2.26. The highest BCUT2D eigenvalue weighted by Gasteiger charge is 2.21. The van der Waals surface area contributed by atoms with E-state index >= 15 is 0 Å². The molecular formula is C14H22N2O3. The Hall–Kier alpha value is -1.62. The summed E-state index contributed by atoms with van der Waals surface area (Å²) < 4.78 is 16.3. The predicted octanol–water partition coefficient (Wildman–Crippen LogP) is 2.28. The molecule has 106 valence electrons. The molecule has 0 atom stereocenters. The lowest BCUT2D eigenvalue weighted by Crippen LogP contribution is -2.39. The van der Waals surface area contributed by atoms with Crippen molar-refractivity contribution < 1.29 is 14.2 Å². The van der Waals surface area contributed by atoms with Crippen LogP contribution >= 0.6 is 0 Å². The van der Waals surface area contributed by atoms with Crippen molar-refractivity contribution in [1.29, 1.82) is 0 Å². The second kappa shape index (κ2) is 5.57. The van der Waals surface area contributed by atoms with Crippen LogP contribution in [0.25, 0.3) is 0 Å². The van der Waals surface area contributed by atoms with Gasteiger partial charge < -0.3 is 25.7 Å². The Morgan fingerprint density at radius 1 is 1.21 bits per heavy atom. The molecule has 2 rings (SSSR count). The summed E-state index contributed by atoms with van der Waals surface area (Å²) in [5.41, 5.74) is 12.5. The van der Waals surface area contributed by atoms with Gasteiger partial charge in [-0.25, -0.2) is 0 Å². The topological polar surface area (TPSA) is 79.7 Å². The second-order valence-corrected chi connectivity index (χ2v) is 4.91. The highest BCUT2D eigenvalue weighted by molar-refractivity contribution is 5.62. The van der Waals surface area contributed by atoms with Crippen LogP contribution in [0, 0.1) is 0 Å². The number of anilines is 1. The Morgan fingerprint density at radius 3 is 2.47 bits per heavy atom. The normalized spacial score (nSPS) is 13.6. The van der Waals surface area contributed by atoms with Crippen molar-refractivity contribution in [2.45, 2.75) is 38.6 Å². The van der Waals surface area contributed by atoms with Gasteiger partial charge in [0.05, 0.1) is 12.3 Å². The third kappa shape index (κ3) is 3.04. The smallest absolute Gasteiger partial charge is 0.231 e. The molecule has 0 aliphatic carbocycles. The maximum atomic E-state index is 6.23. The summed E-state index contributed by atoms with van der Waals surface area (Å²) >= 11 is 0. The third-order valence-electron chi connectivity index (χ3n) is 3.77. The molecule has 0 saturated heterocycles. The molecule has 0 radical (unpaired) electrons. The summed E-state index contributed by atoms with van der Waals surface area (Å²) in [6.07, 6.45) is 2.67. The van der Waals surface area contributed by atoms with Crippen LogP contribution in [-0.2, 0) is 0 Å². The van der Waals surface area contributed by atoms with E-state index < -0.39 is 0 Å². The number of benzene rings is 1. The maximum Gasteiger partial charge on any atom is 0.231 e. The van der Waals surface area contributed by atoms with E-state index in [1.165, 1.54) is 0 Å². The number of fused-ring (bicyclic) bond motifs is 1. The van der Waals surface area contributed by atoms with Gasteiger partial charge in [-0.3, -0.25) is 0 Å². The van der Waals surface area contributed by atoms with E-state index in [-0.39, 0.29) is 12.3 Å². The maximum absolute atomic E-state index is 6.23. The molecule has 0 fully saturated rings. The van der Waals surface area contributed by atoms with Gasteiger partial charge in [0.1, 0.15) is 5.75 Å². The summed E-state index contributed by atoms with van der Waals surface area (Å²) in [5, 5.41) is 0. The largest absolute Gasteiger partial charge is 0.491 e. The lowest BCUT2D eigenvalue weighted by molar-refractivity contribution is 0.173. The average Bonchev–Trinajstić information content (AvgIpc) is 2.85. The molecule has 1 aliphatic heterocycles. The molecule has 0 amide bonds. The molecule has 5 nitrogen and oxygen atoms in total. The second-order valence-electron chi connectivity index (χ2n) is 4.91. The highest BCUT2D eigenvalue weighted by Crippen LogP contribution is 2.39. The quantitative estimate of drug-likeness (QED) is 0.772. The van der Waals surface area contributed by atoms with E-state index in [0.29, 0.717) is 29.5 Å². The van der Waals surface area contributed by atoms with Gasteiger partial charge in [-0.15, -0.1) is 0 Å². The molecule has 0 aromatic heterocycles. The molecular weight excluding hydrogens is 244 g/mol. The fourth-order valence-electron chi connectivity index (χ4n) is 2.03. The third-order valence-corrected chi connectivity index (χ3v) is 3.77. The summed E-state index contributed by atoms with van der Waals surface area (Å²) in [6.45, 7) is 4.97. The van der Waals surface area contributed by atoms with Gasteiger partial charge in [-0.2, -0.15) is 0 Å². The summed E-state index contributed by atoms with van der Waals surface area (Å²) in [7, 11) is 0. The Morgan fingerprint density at radius 2 is 1.84 bits per heavy atom. The number of rotatable bonds is 6. The molecule has 1 aromatic carbocycles. The molecule has 0 saturated carbocycles. The minimum atomic E-state index is -0.162. The zero-order valence-electron chi connectivity index (χ0n) is 11.6. The average molecular weight is 266 g/mol. The van der Waals surface area contributed by atoms with E-state index in [0.717, 1.165) is 19.3 Å². The Kier molecular flexibility index (Phi) is 4.04. The number of nitrogen functional groups attached to an aromatic ring is 1. The van der Waals surface area contributed by atoms with Crippen molar-refractivity contribution in [3.63, 3.8) is 0 Å². The van der Waals surface area contributed by atoms with Crippen LogP contribution < -0.4 is 25.7 Å². The van der Waals surface area contributed by atoms with Crippen LogP contribution in [0.15, 0.2) is 12.1 Å². The molecule has 5 heteroatoms. The molecule has 1 aliphatic rings. The predicted molar refractivity (Wildman–Crippen MR) is 74.6 cm³/mol. The van der Waals surface area contributed by atoms with Crippen LogP contribution in [0.5, 0.6) is 17.2 Å². The SMILES string of the molecule is CCC(N)(CC)CCOc1cc2c(cc1N)OCO2. The van der Waals surface area contributed by atoms with Crippen molar-refractivity contribution in [1.82, 2.24) is 0 Å². The van der Waals surface area contributed by atoms with E-state index in [9.17, 15) is 0 Å². The van der Waals surface area contributed by atoms with Crippen molar-refractivity contribution >= 4 is 5.69 Å². The number of hydrogen-bond donors (Lipinski definition) is 2. The van der Waals surface area contributed by atoms with Crippen LogP contribution in [0.2, 0.25) is 0 Å². The fourth-order valence-corrected chi connectivity index (χ4v) is 2.03. The summed E-state index contributed by atoms with van der Waals surface area (Å²) in [4.78, 5) is 0. The van der Waals surface area contributed by atoms with Gasteiger partial charge in [0, 0.05) is 17.7 Å². The molecule has 0 bridgehead atoms. The monoisotopic (exact) mass is 266 g/mol. The molecule has 1 aromatic rings. The van der Waals surface area contributed by atoms with Gasteiger partial charge in [0.15, 0.2) is 11.5 Å². The Balaban J connectivity index is 1.97. The number of nitrogens with two attached hydrogens (primary N) is 2. The van der Waals surface area contributed by atoms with Crippen molar-refractivity contribution in [2.75, 3.05) is 19.1 Å². The first kappa shape index (κ1) is 13.8. The summed E-state index contributed by atoms with van der Waals surface area (Å²) in [6, 6.07) is 3.50. The molecule has 19 heavy (non-hydrogen) atoms. The molecule has 1 heterocycles. The van der Waals surface area contributed by atoms with Crippen LogP contribution in [0.3, 0.4) is 0 Å². The summed E-state index contributed by atoms with van der Waals surface area (Å²) in [5.74, 6) is 1.97. The van der Waals surface area contributed by atoms with Gasteiger partial charge in [-0.05, 0) is 19.3 Å². The molecule has 0 spiro atoms. The first-order valence-electron chi connectivity index (χ1n) is 6.69. The van der Waals surface area contributed by atoms with E-state index in [1.54, 1.807) is 12.1 Å². The lowest BCUT2D eigenvalue weighted by atomic mass is 9.91. The molecule has 0 unspecified atom stereocenters. The van der Waals surface area contributed by atoms with Crippen molar-refractivity contribution in [3.05, 3.63) is 12.1 Å². The first-order valence-corrected chi connectivity index (χ1v) is 6.69. The fraction of sp³-hybridized carbons (Fsp3) is 0.571. The molecule has 4 N–H and O–H groups in total. The van der Waals surface area contributed by atoms with Gasteiger partial charge in [0.25, 0.3) is 0 Å². The standard InChI is InChI=1S/C14H22N2O3/c1-3-14(16,4-2)5-6-17-11-8-13-12(7-10(11)15)18-9-19-13/h7-8H,3-6,9,15-16H2,1-2H3.